The third-order valence-corrected chi connectivity index (χ3v) is 1.81. The van der Waals surface area contributed by atoms with Crippen LogP contribution in [0.5, 0.6) is 0 Å². The number of carbonyl (C=O) groups excluding carboxylic acids is 1. The van der Waals surface area contributed by atoms with Crippen molar-refractivity contribution in [3.05, 3.63) is 11.6 Å². The Balaban J connectivity index is 2.87. The lowest BCUT2D eigenvalue weighted by Gasteiger charge is -2.04. The van der Waals surface area contributed by atoms with Crippen LogP contribution in [0.15, 0.2) is 0 Å². The highest BCUT2D eigenvalue weighted by molar-refractivity contribution is 5.77. The minimum atomic E-state index is -0.0139. The van der Waals surface area contributed by atoms with Gasteiger partial charge >= 0.3 is 0 Å². The van der Waals surface area contributed by atoms with E-state index in [1.165, 1.54) is 4.68 Å². The van der Waals surface area contributed by atoms with Crippen molar-refractivity contribution in [3.63, 3.8) is 0 Å². The number of rotatable bonds is 3. The molecule has 0 saturated heterocycles. The second-order valence-electron chi connectivity index (χ2n) is 3.47. The molecule has 1 rings (SSSR count). The first-order valence-electron chi connectivity index (χ1n) is 4.65. The Morgan fingerprint density at radius 3 is 2.64 bits per heavy atom. The van der Waals surface area contributed by atoms with Gasteiger partial charge in [0.05, 0.1) is 6.54 Å². The Hall–Kier alpha value is -1.23. The summed E-state index contributed by atoms with van der Waals surface area (Å²) in [4.78, 5) is 17.6. The zero-order valence-corrected chi connectivity index (χ0v) is 9.11. The molecule has 0 aliphatic carbocycles. The molecule has 0 aliphatic heterocycles. The average Bonchev–Trinajstić information content (AvgIpc) is 2.44. The Morgan fingerprint density at radius 2 is 2.14 bits per heavy atom. The monoisotopic (exact) mass is 196 g/mol. The van der Waals surface area contributed by atoms with Gasteiger partial charge in [-0.3, -0.25) is 4.79 Å². The summed E-state index contributed by atoms with van der Waals surface area (Å²) in [6.07, 6.45) is 0.450. The molecule has 5 heteroatoms. The van der Waals surface area contributed by atoms with Crippen LogP contribution in [0.25, 0.3) is 0 Å². The molecule has 78 valence electrons. The van der Waals surface area contributed by atoms with Gasteiger partial charge in [-0.25, -0.2) is 4.98 Å². The molecule has 0 atom stereocenters. The normalized spacial score (nSPS) is 10.9. The first-order valence-corrected chi connectivity index (χ1v) is 4.65. The SMILES string of the molecule is CCC(=O)n1nc(CN(C)C)nc1C. The second kappa shape index (κ2) is 4.32. The molecule has 0 aliphatic rings. The fourth-order valence-electron chi connectivity index (χ4n) is 1.18. The lowest BCUT2D eigenvalue weighted by Crippen LogP contribution is -2.14. The van der Waals surface area contributed by atoms with E-state index in [2.05, 4.69) is 10.1 Å². The van der Waals surface area contributed by atoms with E-state index in [-0.39, 0.29) is 5.91 Å². The second-order valence-corrected chi connectivity index (χ2v) is 3.47. The van der Waals surface area contributed by atoms with Crippen molar-refractivity contribution in [2.45, 2.75) is 26.8 Å². The van der Waals surface area contributed by atoms with Crippen molar-refractivity contribution in [2.75, 3.05) is 14.1 Å². The van der Waals surface area contributed by atoms with Crippen LogP contribution in [0.1, 0.15) is 29.8 Å². The molecule has 1 heterocycles. The smallest absolute Gasteiger partial charge is 0.248 e. The molecule has 0 N–H and O–H groups in total. The molecule has 0 saturated carbocycles. The molecule has 1 aromatic heterocycles. The molecule has 14 heavy (non-hydrogen) atoms. The van der Waals surface area contributed by atoms with E-state index < -0.39 is 0 Å². The van der Waals surface area contributed by atoms with Gasteiger partial charge in [-0.2, -0.15) is 4.68 Å². The van der Waals surface area contributed by atoms with E-state index in [9.17, 15) is 4.79 Å². The van der Waals surface area contributed by atoms with Crippen LogP contribution >= 0.6 is 0 Å². The summed E-state index contributed by atoms with van der Waals surface area (Å²) >= 11 is 0. The maximum atomic E-state index is 11.4. The molecule has 0 fully saturated rings. The summed E-state index contributed by atoms with van der Waals surface area (Å²) in [5, 5.41) is 4.14. The Bertz CT molecular complexity index is 330. The molecule has 0 aromatic carbocycles. The third-order valence-electron chi connectivity index (χ3n) is 1.81. The Labute approximate surface area is 83.7 Å². The van der Waals surface area contributed by atoms with Gasteiger partial charge in [0.15, 0.2) is 5.82 Å². The molecule has 0 amide bonds. The summed E-state index contributed by atoms with van der Waals surface area (Å²) in [5.41, 5.74) is 0. The number of carbonyl (C=O) groups is 1. The number of aryl methyl sites for hydroxylation is 1. The average molecular weight is 196 g/mol. The van der Waals surface area contributed by atoms with Crippen molar-refractivity contribution < 1.29 is 4.79 Å². The van der Waals surface area contributed by atoms with Gasteiger partial charge < -0.3 is 4.90 Å². The Morgan fingerprint density at radius 1 is 1.50 bits per heavy atom. The van der Waals surface area contributed by atoms with Gasteiger partial charge in [-0.1, -0.05) is 6.92 Å². The highest BCUT2D eigenvalue weighted by atomic mass is 16.2. The van der Waals surface area contributed by atoms with Crippen molar-refractivity contribution in [2.24, 2.45) is 0 Å². The summed E-state index contributed by atoms with van der Waals surface area (Å²) < 4.78 is 1.37. The summed E-state index contributed by atoms with van der Waals surface area (Å²) in [7, 11) is 3.88. The number of aromatic nitrogens is 3. The van der Waals surface area contributed by atoms with E-state index in [1.807, 2.05) is 25.9 Å². The van der Waals surface area contributed by atoms with Crippen LogP contribution < -0.4 is 0 Å². The van der Waals surface area contributed by atoms with Gasteiger partial charge in [-0.15, -0.1) is 5.10 Å². The molecule has 1 aromatic rings. The number of nitrogens with zero attached hydrogens (tertiary/aromatic N) is 4. The molecule has 0 unspecified atom stereocenters. The van der Waals surface area contributed by atoms with Gasteiger partial charge in [0, 0.05) is 6.42 Å². The quantitative estimate of drug-likeness (QED) is 0.714. The van der Waals surface area contributed by atoms with E-state index in [0.29, 0.717) is 24.6 Å². The highest BCUT2D eigenvalue weighted by Crippen LogP contribution is 2.00. The van der Waals surface area contributed by atoms with E-state index in [0.717, 1.165) is 0 Å². The van der Waals surface area contributed by atoms with Gasteiger partial charge in [0.25, 0.3) is 0 Å². The lowest BCUT2D eigenvalue weighted by molar-refractivity contribution is 0.0889. The largest absolute Gasteiger partial charge is 0.302 e. The van der Waals surface area contributed by atoms with Crippen LogP contribution in [-0.4, -0.2) is 39.7 Å². The van der Waals surface area contributed by atoms with Gasteiger partial charge in [0.1, 0.15) is 5.82 Å². The topological polar surface area (TPSA) is 51.0 Å². The zero-order valence-electron chi connectivity index (χ0n) is 9.11. The first kappa shape index (κ1) is 10.8. The van der Waals surface area contributed by atoms with Crippen LogP contribution in [0.3, 0.4) is 0 Å². The van der Waals surface area contributed by atoms with Crippen LogP contribution in [-0.2, 0) is 6.54 Å². The Kier molecular flexibility index (Phi) is 3.35. The van der Waals surface area contributed by atoms with Crippen molar-refractivity contribution in [1.29, 1.82) is 0 Å². The van der Waals surface area contributed by atoms with Crippen molar-refractivity contribution in [1.82, 2.24) is 19.7 Å². The predicted octanol–water partition coefficient (Wildman–Crippen LogP) is 0.698. The van der Waals surface area contributed by atoms with Gasteiger partial charge in [0.2, 0.25) is 5.91 Å². The fourth-order valence-corrected chi connectivity index (χ4v) is 1.18. The van der Waals surface area contributed by atoms with Crippen LogP contribution in [0, 0.1) is 6.92 Å². The molecule has 5 nitrogen and oxygen atoms in total. The minimum absolute atomic E-state index is 0.0139. The fraction of sp³-hybridized carbons (Fsp3) is 0.667. The van der Waals surface area contributed by atoms with Crippen molar-refractivity contribution in [3.8, 4) is 0 Å². The van der Waals surface area contributed by atoms with Crippen LogP contribution in [0.4, 0.5) is 0 Å². The zero-order chi connectivity index (χ0) is 10.7. The first-order chi connectivity index (χ1) is 6.54. The summed E-state index contributed by atoms with van der Waals surface area (Å²) in [6, 6.07) is 0. The van der Waals surface area contributed by atoms with E-state index in [4.69, 9.17) is 0 Å². The molecule has 0 bridgehead atoms. The van der Waals surface area contributed by atoms with E-state index in [1.54, 1.807) is 6.92 Å². The van der Waals surface area contributed by atoms with Crippen molar-refractivity contribution >= 4 is 5.91 Å². The maximum Gasteiger partial charge on any atom is 0.248 e. The standard InChI is InChI=1S/C9H16N4O/c1-5-9(14)13-7(2)10-8(11-13)6-12(3)4/h5-6H2,1-4H3. The maximum absolute atomic E-state index is 11.4. The molecular weight excluding hydrogens is 180 g/mol. The number of hydrogen-bond acceptors (Lipinski definition) is 4. The number of hydrogen-bond donors (Lipinski definition) is 0. The lowest BCUT2D eigenvalue weighted by atomic mass is 10.4. The molecule has 0 spiro atoms. The van der Waals surface area contributed by atoms with Gasteiger partial charge in [-0.05, 0) is 21.0 Å². The van der Waals surface area contributed by atoms with E-state index >= 15 is 0 Å². The predicted molar refractivity (Wildman–Crippen MR) is 53.1 cm³/mol. The summed E-state index contributed by atoms with van der Waals surface area (Å²) in [6.45, 7) is 4.26. The third kappa shape index (κ3) is 2.38. The molecular formula is C9H16N4O. The minimum Gasteiger partial charge on any atom is -0.302 e. The summed E-state index contributed by atoms with van der Waals surface area (Å²) in [5.74, 6) is 1.34. The molecule has 0 radical (unpaired) electrons. The van der Waals surface area contributed by atoms with Crippen LogP contribution in [0.2, 0.25) is 0 Å². The highest BCUT2D eigenvalue weighted by Gasteiger charge is 2.11.